The largest absolute Gasteiger partial charge is 0.205 e. The van der Waals surface area contributed by atoms with E-state index >= 15 is 0 Å². The monoisotopic (exact) mass is 302 g/mol. The molecular formula is C22H24N+. The summed E-state index contributed by atoms with van der Waals surface area (Å²) in [6.45, 7) is 1.12. The second-order valence-corrected chi connectivity index (χ2v) is 5.99. The Morgan fingerprint density at radius 2 is 1.22 bits per heavy atom. The number of hydrogen-bond donors (Lipinski definition) is 0. The summed E-state index contributed by atoms with van der Waals surface area (Å²) in [5, 5.41) is 0. The molecule has 0 aliphatic rings. The third-order valence-electron chi connectivity index (χ3n) is 4.22. The van der Waals surface area contributed by atoms with Crippen LogP contribution >= 0.6 is 0 Å². The molecule has 0 fully saturated rings. The Hall–Kier alpha value is -2.41. The number of hydrogen-bond acceptors (Lipinski definition) is 0. The standard InChI is InChI=1S/C22H24N/c1-5-11-21(12-6-1)22-15-13-20(14-16-22)10-4-2-7-17-23-18-8-3-9-19-23/h1,3,5-6,8-9,11-16,18-19H,2,4,7,10,17H2/q+1. The number of nitrogens with zero attached hydrogens (tertiary/aromatic N) is 1. The first kappa shape index (κ1) is 15.5. The lowest BCUT2D eigenvalue weighted by Crippen LogP contribution is -2.32. The van der Waals surface area contributed by atoms with Crippen molar-refractivity contribution >= 4 is 0 Å². The van der Waals surface area contributed by atoms with Crippen LogP contribution in [0.3, 0.4) is 0 Å². The average Bonchev–Trinajstić information content (AvgIpc) is 2.64. The predicted molar refractivity (Wildman–Crippen MR) is 96.1 cm³/mol. The Morgan fingerprint density at radius 1 is 0.565 bits per heavy atom. The van der Waals surface area contributed by atoms with Crippen LogP contribution in [0.25, 0.3) is 11.1 Å². The van der Waals surface area contributed by atoms with Gasteiger partial charge in [0, 0.05) is 18.6 Å². The number of aryl methyl sites for hydroxylation is 2. The van der Waals surface area contributed by atoms with Gasteiger partial charge in [-0.2, -0.15) is 0 Å². The lowest BCUT2D eigenvalue weighted by molar-refractivity contribution is -0.697. The van der Waals surface area contributed by atoms with Crippen molar-refractivity contribution in [3.63, 3.8) is 0 Å². The van der Waals surface area contributed by atoms with Crippen LogP contribution < -0.4 is 4.57 Å². The molecule has 1 aromatic heterocycles. The van der Waals surface area contributed by atoms with E-state index < -0.39 is 0 Å². The van der Waals surface area contributed by atoms with Gasteiger partial charge in [0.15, 0.2) is 12.4 Å². The van der Waals surface area contributed by atoms with Gasteiger partial charge in [-0.25, -0.2) is 4.57 Å². The zero-order valence-corrected chi connectivity index (χ0v) is 13.6. The molecule has 1 nitrogen and oxygen atoms in total. The van der Waals surface area contributed by atoms with Crippen molar-refractivity contribution in [3.8, 4) is 11.1 Å². The van der Waals surface area contributed by atoms with Crippen molar-refractivity contribution in [2.75, 3.05) is 0 Å². The van der Waals surface area contributed by atoms with Gasteiger partial charge in [0.25, 0.3) is 0 Å². The summed E-state index contributed by atoms with van der Waals surface area (Å²) in [6, 6.07) is 25.8. The van der Waals surface area contributed by atoms with Crippen LogP contribution in [0.5, 0.6) is 0 Å². The summed E-state index contributed by atoms with van der Waals surface area (Å²) in [6.07, 6.45) is 9.25. The molecule has 0 unspecified atom stereocenters. The Balaban J connectivity index is 1.42. The maximum atomic E-state index is 2.27. The van der Waals surface area contributed by atoms with Crippen LogP contribution in [0.1, 0.15) is 24.8 Å². The van der Waals surface area contributed by atoms with Gasteiger partial charge in [-0.1, -0.05) is 60.7 Å². The number of pyridine rings is 1. The topological polar surface area (TPSA) is 3.88 Å². The maximum Gasteiger partial charge on any atom is 0.168 e. The SMILES string of the molecule is c1ccc(-c2ccc(CCCCC[n+]3ccccc3)cc2)cc1. The van der Waals surface area contributed by atoms with Gasteiger partial charge in [-0.15, -0.1) is 0 Å². The molecule has 1 heterocycles. The van der Waals surface area contributed by atoms with E-state index in [-0.39, 0.29) is 0 Å². The first-order valence-electron chi connectivity index (χ1n) is 8.50. The lowest BCUT2D eigenvalue weighted by Gasteiger charge is -2.04. The van der Waals surface area contributed by atoms with Gasteiger partial charge in [0.1, 0.15) is 6.54 Å². The number of unbranched alkanes of at least 4 members (excludes halogenated alkanes) is 2. The van der Waals surface area contributed by atoms with E-state index in [0.29, 0.717) is 0 Å². The minimum Gasteiger partial charge on any atom is -0.205 e. The summed E-state index contributed by atoms with van der Waals surface area (Å²) < 4.78 is 2.26. The highest BCUT2D eigenvalue weighted by molar-refractivity contribution is 5.63. The highest BCUT2D eigenvalue weighted by Crippen LogP contribution is 2.19. The number of rotatable bonds is 7. The quantitative estimate of drug-likeness (QED) is 0.424. The molecule has 0 atom stereocenters. The van der Waals surface area contributed by atoms with Crippen LogP contribution in [0.4, 0.5) is 0 Å². The van der Waals surface area contributed by atoms with E-state index in [9.17, 15) is 0 Å². The van der Waals surface area contributed by atoms with Gasteiger partial charge < -0.3 is 0 Å². The highest BCUT2D eigenvalue weighted by atomic mass is 14.9. The van der Waals surface area contributed by atoms with Gasteiger partial charge in [0.2, 0.25) is 0 Å². The minimum atomic E-state index is 1.12. The summed E-state index contributed by atoms with van der Waals surface area (Å²) >= 11 is 0. The van der Waals surface area contributed by atoms with Crippen molar-refractivity contribution in [1.29, 1.82) is 0 Å². The smallest absolute Gasteiger partial charge is 0.168 e. The lowest BCUT2D eigenvalue weighted by atomic mass is 10.0. The summed E-state index contributed by atoms with van der Waals surface area (Å²) in [7, 11) is 0. The second kappa shape index (κ2) is 8.28. The molecule has 0 bridgehead atoms. The minimum absolute atomic E-state index is 1.12. The molecule has 0 amide bonds. The normalized spacial score (nSPS) is 10.6. The predicted octanol–water partition coefficient (Wildman–Crippen LogP) is 5.05. The van der Waals surface area contributed by atoms with E-state index in [1.54, 1.807) is 0 Å². The Morgan fingerprint density at radius 3 is 1.96 bits per heavy atom. The number of aromatic nitrogens is 1. The second-order valence-electron chi connectivity index (χ2n) is 5.99. The molecule has 0 aliphatic heterocycles. The summed E-state index contributed by atoms with van der Waals surface area (Å²) in [5.74, 6) is 0. The molecular weight excluding hydrogens is 278 g/mol. The summed E-state index contributed by atoms with van der Waals surface area (Å²) in [5.41, 5.74) is 4.03. The van der Waals surface area contributed by atoms with Crippen LogP contribution in [-0.2, 0) is 13.0 Å². The molecule has 3 aromatic rings. The van der Waals surface area contributed by atoms with E-state index in [4.69, 9.17) is 0 Å². The fourth-order valence-corrected chi connectivity index (χ4v) is 2.88. The van der Waals surface area contributed by atoms with E-state index in [1.807, 2.05) is 0 Å². The first-order valence-corrected chi connectivity index (χ1v) is 8.50. The summed E-state index contributed by atoms with van der Waals surface area (Å²) in [4.78, 5) is 0. The van der Waals surface area contributed by atoms with Crippen LogP contribution in [0.2, 0.25) is 0 Å². The van der Waals surface area contributed by atoms with Crippen molar-refractivity contribution in [1.82, 2.24) is 0 Å². The van der Waals surface area contributed by atoms with Gasteiger partial charge >= 0.3 is 0 Å². The maximum absolute atomic E-state index is 2.27. The van der Waals surface area contributed by atoms with Crippen molar-refractivity contribution in [2.45, 2.75) is 32.2 Å². The van der Waals surface area contributed by atoms with Crippen molar-refractivity contribution in [2.24, 2.45) is 0 Å². The molecule has 1 heteroatoms. The third-order valence-corrected chi connectivity index (χ3v) is 4.22. The van der Waals surface area contributed by atoms with Gasteiger partial charge in [-0.3, -0.25) is 0 Å². The molecule has 3 rings (SSSR count). The van der Waals surface area contributed by atoms with E-state index in [2.05, 4.69) is 89.8 Å². The van der Waals surface area contributed by atoms with Crippen LogP contribution in [0, 0.1) is 0 Å². The fraction of sp³-hybridized carbons (Fsp3) is 0.227. The Labute approximate surface area is 139 Å². The van der Waals surface area contributed by atoms with Crippen molar-refractivity contribution in [3.05, 3.63) is 90.8 Å². The van der Waals surface area contributed by atoms with Crippen molar-refractivity contribution < 1.29 is 4.57 Å². The molecule has 0 saturated carbocycles. The molecule has 23 heavy (non-hydrogen) atoms. The van der Waals surface area contributed by atoms with Gasteiger partial charge in [0.05, 0.1) is 0 Å². The first-order chi connectivity index (χ1) is 11.4. The molecule has 2 aromatic carbocycles. The molecule has 0 saturated heterocycles. The van der Waals surface area contributed by atoms with Crippen LogP contribution in [0.15, 0.2) is 85.2 Å². The van der Waals surface area contributed by atoms with E-state index in [0.717, 1.165) is 6.54 Å². The zero-order valence-electron chi connectivity index (χ0n) is 13.6. The Bertz CT molecular complexity index is 687. The Kier molecular flexibility index (Phi) is 5.58. The number of benzene rings is 2. The molecule has 0 spiro atoms. The molecule has 116 valence electrons. The fourth-order valence-electron chi connectivity index (χ4n) is 2.88. The molecule has 0 N–H and O–H groups in total. The third kappa shape index (κ3) is 4.79. The molecule has 0 aliphatic carbocycles. The highest BCUT2D eigenvalue weighted by Gasteiger charge is 2.00. The zero-order chi connectivity index (χ0) is 15.7. The van der Waals surface area contributed by atoms with E-state index in [1.165, 1.54) is 42.4 Å². The van der Waals surface area contributed by atoms with Gasteiger partial charge in [-0.05, 0) is 36.0 Å². The molecule has 0 radical (unpaired) electrons. The average molecular weight is 302 g/mol. The van der Waals surface area contributed by atoms with Crippen LogP contribution in [-0.4, -0.2) is 0 Å².